The van der Waals surface area contributed by atoms with Crippen LogP contribution in [0.4, 0.5) is 5.69 Å². The fraction of sp³-hybridized carbons (Fsp3) is 0.591. The summed E-state index contributed by atoms with van der Waals surface area (Å²) in [7, 11) is 0. The first-order chi connectivity index (χ1) is 13.9. The van der Waals surface area contributed by atoms with Crippen LogP contribution in [0, 0.1) is 16.7 Å². The smallest absolute Gasteiger partial charge is 0.326 e. The fourth-order valence-electron chi connectivity index (χ4n) is 5.25. The number of benzene rings is 1. The van der Waals surface area contributed by atoms with Gasteiger partial charge in [0, 0.05) is 16.5 Å². The molecule has 2 aliphatic rings. The highest BCUT2D eigenvalue weighted by Crippen LogP contribution is 2.63. The highest BCUT2D eigenvalue weighted by Gasteiger charge is 2.61. The molecule has 0 aliphatic heterocycles. The minimum atomic E-state index is -1.31. The SMILES string of the molecule is CC12CCC(C1)C(C)(C)C2OC(=O)CN(C(=O)[C@@H](N)CC(=O)O)c1ccc(O)cc1. The van der Waals surface area contributed by atoms with E-state index in [4.69, 9.17) is 15.6 Å². The van der Waals surface area contributed by atoms with Crippen LogP contribution >= 0.6 is 0 Å². The molecule has 30 heavy (non-hydrogen) atoms. The van der Waals surface area contributed by atoms with Gasteiger partial charge < -0.3 is 20.7 Å². The summed E-state index contributed by atoms with van der Waals surface area (Å²) in [5.74, 6) is -1.97. The molecule has 0 radical (unpaired) electrons. The molecule has 0 saturated heterocycles. The molecule has 3 unspecified atom stereocenters. The molecule has 2 fully saturated rings. The second-order valence-electron chi connectivity index (χ2n) is 9.43. The fourth-order valence-corrected chi connectivity index (χ4v) is 5.25. The van der Waals surface area contributed by atoms with Gasteiger partial charge in [-0.1, -0.05) is 20.8 Å². The Balaban J connectivity index is 1.79. The van der Waals surface area contributed by atoms with E-state index in [0.717, 1.165) is 24.2 Å². The number of carboxylic acid groups (broad SMARTS) is 1. The number of aromatic hydroxyl groups is 1. The molecule has 1 amide bonds. The van der Waals surface area contributed by atoms with Crippen molar-refractivity contribution in [2.75, 3.05) is 11.4 Å². The summed E-state index contributed by atoms with van der Waals surface area (Å²) in [4.78, 5) is 37.8. The van der Waals surface area contributed by atoms with Gasteiger partial charge in [0.2, 0.25) is 5.91 Å². The summed E-state index contributed by atoms with van der Waals surface area (Å²) in [6, 6.07) is 4.39. The molecule has 3 rings (SSSR count). The van der Waals surface area contributed by atoms with Crippen LogP contribution in [0.5, 0.6) is 5.75 Å². The average Bonchev–Trinajstić information content (AvgIpc) is 3.14. The number of anilines is 1. The number of carbonyl (C=O) groups is 3. The van der Waals surface area contributed by atoms with E-state index in [1.807, 2.05) is 0 Å². The van der Waals surface area contributed by atoms with E-state index in [-0.39, 0.29) is 29.2 Å². The van der Waals surface area contributed by atoms with Crippen molar-refractivity contribution in [3.63, 3.8) is 0 Å². The molecule has 0 heterocycles. The van der Waals surface area contributed by atoms with Gasteiger partial charge in [-0.3, -0.25) is 19.3 Å². The molecular weight excluding hydrogens is 388 g/mol. The molecule has 2 saturated carbocycles. The number of hydrogen-bond donors (Lipinski definition) is 3. The molecule has 0 aromatic heterocycles. The average molecular weight is 418 g/mol. The van der Waals surface area contributed by atoms with Gasteiger partial charge in [-0.05, 0) is 49.4 Å². The van der Waals surface area contributed by atoms with Crippen LogP contribution in [0.15, 0.2) is 24.3 Å². The molecule has 4 atom stereocenters. The lowest BCUT2D eigenvalue weighted by Crippen LogP contribution is -2.49. The summed E-state index contributed by atoms with van der Waals surface area (Å²) >= 11 is 0. The van der Waals surface area contributed by atoms with E-state index in [1.54, 1.807) is 0 Å². The van der Waals surface area contributed by atoms with Gasteiger partial charge in [0.15, 0.2) is 0 Å². The zero-order valence-corrected chi connectivity index (χ0v) is 17.6. The summed E-state index contributed by atoms with van der Waals surface area (Å²) in [5.41, 5.74) is 5.88. The lowest BCUT2D eigenvalue weighted by molar-refractivity contribution is -0.163. The quantitative estimate of drug-likeness (QED) is 0.579. The number of fused-ring (bicyclic) bond motifs is 2. The molecule has 0 spiro atoms. The third kappa shape index (κ3) is 4.14. The zero-order valence-electron chi connectivity index (χ0n) is 17.6. The van der Waals surface area contributed by atoms with Crippen LogP contribution in [0.25, 0.3) is 0 Å². The minimum absolute atomic E-state index is 0.000199. The standard InChI is InChI=1S/C22H30N2O6/c1-21(2)13-8-9-22(3,11-13)20(21)30-18(28)12-24(14-4-6-15(25)7-5-14)19(29)16(23)10-17(26)27/h4-7,13,16,20,25H,8-12,23H2,1-3H3,(H,26,27)/t13?,16-,20?,22?/m0/s1. The monoisotopic (exact) mass is 418 g/mol. The second kappa shape index (κ2) is 7.91. The van der Waals surface area contributed by atoms with Gasteiger partial charge >= 0.3 is 11.9 Å². The van der Waals surface area contributed by atoms with E-state index >= 15 is 0 Å². The topological polar surface area (TPSA) is 130 Å². The maximum absolute atomic E-state index is 12.9. The van der Waals surface area contributed by atoms with Gasteiger partial charge in [-0.2, -0.15) is 0 Å². The van der Waals surface area contributed by atoms with Crippen molar-refractivity contribution in [2.45, 2.75) is 58.6 Å². The molecule has 1 aromatic rings. The molecule has 1 aromatic carbocycles. The predicted octanol–water partition coefficient (Wildman–Crippen LogP) is 2.29. The number of nitrogens with two attached hydrogens (primary N) is 1. The van der Waals surface area contributed by atoms with Crippen LogP contribution in [-0.4, -0.2) is 46.7 Å². The van der Waals surface area contributed by atoms with Crippen molar-refractivity contribution in [1.29, 1.82) is 0 Å². The van der Waals surface area contributed by atoms with Gasteiger partial charge in [0.05, 0.1) is 12.5 Å². The number of carboxylic acids is 1. The number of carbonyl (C=O) groups excluding carboxylic acids is 2. The van der Waals surface area contributed by atoms with E-state index in [1.165, 1.54) is 24.3 Å². The van der Waals surface area contributed by atoms with Crippen LogP contribution in [0.1, 0.15) is 46.5 Å². The van der Waals surface area contributed by atoms with Gasteiger partial charge in [0.1, 0.15) is 18.4 Å². The van der Waals surface area contributed by atoms with Crippen LogP contribution in [0.2, 0.25) is 0 Å². The first-order valence-corrected chi connectivity index (χ1v) is 10.2. The lowest BCUT2D eigenvalue weighted by Gasteiger charge is -2.42. The van der Waals surface area contributed by atoms with Gasteiger partial charge in [-0.25, -0.2) is 0 Å². The van der Waals surface area contributed by atoms with E-state index < -0.39 is 30.3 Å². The Hall–Kier alpha value is -2.61. The third-order valence-electron chi connectivity index (χ3n) is 6.81. The Morgan fingerprint density at radius 3 is 2.40 bits per heavy atom. The number of ether oxygens (including phenoxy) is 1. The van der Waals surface area contributed by atoms with Crippen molar-refractivity contribution in [1.82, 2.24) is 0 Å². The Labute approximate surface area is 176 Å². The van der Waals surface area contributed by atoms with Crippen molar-refractivity contribution in [2.24, 2.45) is 22.5 Å². The minimum Gasteiger partial charge on any atom is -0.508 e. The molecule has 164 valence electrons. The molecule has 4 N–H and O–H groups in total. The molecule has 8 heteroatoms. The molecule has 2 bridgehead atoms. The first-order valence-electron chi connectivity index (χ1n) is 10.2. The largest absolute Gasteiger partial charge is 0.508 e. The maximum Gasteiger partial charge on any atom is 0.326 e. The van der Waals surface area contributed by atoms with E-state index in [2.05, 4.69) is 20.8 Å². The Morgan fingerprint density at radius 1 is 1.23 bits per heavy atom. The number of esters is 1. The Bertz CT molecular complexity index is 832. The van der Waals surface area contributed by atoms with E-state index in [0.29, 0.717) is 11.6 Å². The summed E-state index contributed by atoms with van der Waals surface area (Å²) in [6.45, 7) is 5.99. The van der Waals surface area contributed by atoms with Crippen LogP contribution in [0.3, 0.4) is 0 Å². The van der Waals surface area contributed by atoms with Crippen molar-refractivity contribution < 1.29 is 29.3 Å². The summed E-state index contributed by atoms with van der Waals surface area (Å²) in [6.07, 6.45) is 2.34. The first kappa shape index (κ1) is 22.1. The number of hydrogen-bond acceptors (Lipinski definition) is 6. The normalized spacial score (nSPS) is 27.5. The van der Waals surface area contributed by atoms with E-state index in [9.17, 15) is 19.5 Å². The predicted molar refractivity (Wildman–Crippen MR) is 110 cm³/mol. The van der Waals surface area contributed by atoms with Gasteiger partial charge in [-0.15, -0.1) is 0 Å². The van der Waals surface area contributed by atoms with Gasteiger partial charge in [0.25, 0.3) is 0 Å². The number of phenols is 1. The van der Waals surface area contributed by atoms with Crippen LogP contribution < -0.4 is 10.6 Å². The lowest BCUT2D eigenvalue weighted by atomic mass is 9.70. The molecule has 8 nitrogen and oxygen atoms in total. The van der Waals surface area contributed by atoms with Crippen molar-refractivity contribution in [3.8, 4) is 5.75 Å². The van der Waals surface area contributed by atoms with Crippen molar-refractivity contribution in [3.05, 3.63) is 24.3 Å². The summed E-state index contributed by atoms with van der Waals surface area (Å²) in [5, 5.41) is 18.5. The zero-order chi connectivity index (χ0) is 22.3. The Morgan fingerprint density at radius 2 is 1.87 bits per heavy atom. The van der Waals surface area contributed by atoms with Crippen molar-refractivity contribution >= 4 is 23.5 Å². The Kier molecular flexibility index (Phi) is 5.82. The highest BCUT2D eigenvalue weighted by molar-refractivity contribution is 6.02. The molecule has 2 aliphatic carbocycles. The van der Waals surface area contributed by atoms with Crippen LogP contribution in [-0.2, 0) is 19.1 Å². The summed E-state index contributed by atoms with van der Waals surface area (Å²) < 4.78 is 5.91. The number of aliphatic carboxylic acids is 1. The third-order valence-corrected chi connectivity index (χ3v) is 6.81. The maximum atomic E-state index is 12.9. The number of phenolic OH excluding ortho intramolecular Hbond substituents is 1. The second-order valence-corrected chi connectivity index (χ2v) is 9.43. The number of rotatable bonds is 7. The molecular formula is C22H30N2O6. The highest BCUT2D eigenvalue weighted by atomic mass is 16.5. The number of nitrogens with zero attached hydrogens (tertiary/aromatic N) is 1. The number of amides is 1.